The molecule has 5 nitrogen and oxygen atoms in total. The van der Waals surface area contributed by atoms with Crippen LogP contribution in [0.2, 0.25) is 0 Å². The molecule has 0 saturated carbocycles. The fourth-order valence-corrected chi connectivity index (χ4v) is 3.57. The van der Waals surface area contributed by atoms with E-state index in [2.05, 4.69) is 0 Å². The average molecular weight is 438 g/mol. The third-order valence-electron chi connectivity index (χ3n) is 5.34. The summed E-state index contributed by atoms with van der Waals surface area (Å²) in [5.41, 5.74) is -1.42. The molecule has 8 heteroatoms. The van der Waals surface area contributed by atoms with Crippen molar-refractivity contribution in [2.45, 2.75) is 43.8 Å². The van der Waals surface area contributed by atoms with Gasteiger partial charge in [0.25, 0.3) is 0 Å². The fourth-order valence-electron chi connectivity index (χ4n) is 3.57. The number of ketones is 1. The van der Waals surface area contributed by atoms with E-state index in [9.17, 15) is 18.0 Å². The second kappa shape index (κ2) is 9.70. The maximum Gasteiger partial charge on any atom is 0.418 e. The van der Waals surface area contributed by atoms with E-state index in [1.165, 1.54) is 26.4 Å². The van der Waals surface area contributed by atoms with Crippen LogP contribution in [-0.2, 0) is 20.7 Å². The van der Waals surface area contributed by atoms with Gasteiger partial charge in [0.15, 0.2) is 11.9 Å². The Balaban J connectivity index is 1.79. The van der Waals surface area contributed by atoms with Crippen molar-refractivity contribution in [2.75, 3.05) is 20.8 Å². The van der Waals surface area contributed by atoms with Crippen molar-refractivity contribution in [1.82, 2.24) is 0 Å². The number of Topliss-reactive ketones (excluding diaryl/α,β-unsaturated/α-hetero) is 1. The van der Waals surface area contributed by atoms with Gasteiger partial charge in [0.05, 0.1) is 26.4 Å². The van der Waals surface area contributed by atoms with Crippen molar-refractivity contribution in [3.05, 3.63) is 59.7 Å². The molecule has 0 spiro atoms. The molecule has 2 aromatic rings. The standard InChI is InChI=1S/C23H25F3O5/c1-28-18-10-11-19(20(14-18)29-2)21-30-13-12-22(31-21,23(24,25)26)15-17(27)9-8-16-6-4-3-5-7-16/h3-7,10-11,14,21H,8-9,12-13,15H2,1-2H3. The predicted octanol–water partition coefficient (Wildman–Crippen LogP) is 5.03. The summed E-state index contributed by atoms with van der Waals surface area (Å²) in [5, 5.41) is 0. The van der Waals surface area contributed by atoms with Gasteiger partial charge in [-0.1, -0.05) is 30.3 Å². The third-order valence-corrected chi connectivity index (χ3v) is 5.34. The van der Waals surface area contributed by atoms with Crippen LogP contribution in [-0.4, -0.2) is 38.4 Å². The van der Waals surface area contributed by atoms with Crippen molar-refractivity contribution in [3.8, 4) is 11.5 Å². The van der Waals surface area contributed by atoms with Crippen LogP contribution in [0.3, 0.4) is 0 Å². The molecule has 168 valence electrons. The zero-order valence-corrected chi connectivity index (χ0v) is 17.4. The zero-order valence-electron chi connectivity index (χ0n) is 17.4. The number of ether oxygens (including phenoxy) is 4. The van der Waals surface area contributed by atoms with Crippen LogP contribution in [0.4, 0.5) is 13.2 Å². The monoisotopic (exact) mass is 438 g/mol. The van der Waals surface area contributed by atoms with Crippen LogP contribution >= 0.6 is 0 Å². The Morgan fingerprint density at radius 1 is 1.13 bits per heavy atom. The van der Waals surface area contributed by atoms with Gasteiger partial charge in [0, 0.05) is 25.3 Å². The first-order valence-electron chi connectivity index (χ1n) is 9.92. The number of hydrogen-bond acceptors (Lipinski definition) is 5. The number of halogens is 3. The Morgan fingerprint density at radius 2 is 1.87 bits per heavy atom. The van der Waals surface area contributed by atoms with E-state index in [1.807, 2.05) is 30.3 Å². The molecule has 2 aromatic carbocycles. The molecular weight excluding hydrogens is 413 g/mol. The number of hydrogen-bond donors (Lipinski definition) is 0. The van der Waals surface area contributed by atoms with Crippen LogP contribution in [0.15, 0.2) is 48.5 Å². The minimum Gasteiger partial charge on any atom is -0.497 e. The molecule has 0 aliphatic carbocycles. The lowest BCUT2D eigenvalue weighted by molar-refractivity contribution is -0.356. The number of methoxy groups -OCH3 is 2. The molecule has 0 radical (unpaired) electrons. The van der Waals surface area contributed by atoms with Gasteiger partial charge in [0.1, 0.15) is 17.3 Å². The smallest absolute Gasteiger partial charge is 0.418 e. The highest BCUT2D eigenvalue weighted by Crippen LogP contribution is 2.47. The van der Waals surface area contributed by atoms with E-state index < -0.39 is 36.7 Å². The van der Waals surface area contributed by atoms with Crippen molar-refractivity contribution < 1.29 is 36.9 Å². The number of carbonyl (C=O) groups is 1. The topological polar surface area (TPSA) is 54.0 Å². The second-order valence-corrected chi connectivity index (χ2v) is 7.37. The molecule has 31 heavy (non-hydrogen) atoms. The normalized spacial score (nSPS) is 21.5. The molecule has 0 aromatic heterocycles. The zero-order chi connectivity index (χ0) is 22.5. The Hall–Kier alpha value is -2.58. The molecule has 1 aliphatic heterocycles. The lowest BCUT2D eigenvalue weighted by Crippen LogP contribution is -2.53. The fraction of sp³-hybridized carbons (Fsp3) is 0.435. The average Bonchev–Trinajstić information content (AvgIpc) is 2.77. The van der Waals surface area contributed by atoms with E-state index >= 15 is 0 Å². The van der Waals surface area contributed by atoms with Crippen molar-refractivity contribution in [1.29, 1.82) is 0 Å². The molecule has 2 unspecified atom stereocenters. The maximum absolute atomic E-state index is 14.1. The summed E-state index contributed by atoms with van der Waals surface area (Å²) in [7, 11) is 2.86. The van der Waals surface area contributed by atoms with E-state index in [-0.39, 0.29) is 18.8 Å². The Morgan fingerprint density at radius 3 is 2.52 bits per heavy atom. The highest BCUT2D eigenvalue weighted by Gasteiger charge is 2.59. The van der Waals surface area contributed by atoms with E-state index in [4.69, 9.17) is 18.9 Å². The van der Waals surface area contributed by atoms with Gasteiger partial charge >= 0.3 is 6.18 Å². The van der Waals surface area contributed by atoms with Gasteiger partial charge < -0.3 is 18.9 Å². The molecule has 1 aliphatic rings. The highest BCUT2D eigenvalue weighted by molar-refractivity contribution is 5.80. The molecule has 1 heterocycles. The number of benzene rings is 2. The summed E-state index contributed by atoms with van der Waals surface area (Å²) < 4.78 is 63.7. The summed E-state index contributed by atoms with van der Waals surface area (Å²) in [6, 6.07) is 13.8. The minimum absolute atomic E-state index is 0.00256. The molecule has 2 atom stereocenters. The van der Waals surface area contributed by atoms with Gasteiger partial charge in [-0.05, 0) is 24.1 Å². The Bertz CT molecular complexity index is 885. The van der Waals surface area contributed by atoms with Gasteiger partial charge in [-0.25, -0.2) is 0 Å². The van der Waals surface area contributed by atoms with Gasteiger partial charge in [0.2, 0.25) is 0 Å². The van der Waals surface area contributed by atoms with Gasteiger partial charge in [-0.3, -0.25) is 4.79 Å². The summed E-state index contributed by atoms with van der Waals surface area (Å²) in [4.78, 5) is 12.5. The minimum atomic E-state index is -4.74. The molecular formula is C23H25F3O5. The van der Waals surface area contributed by atoms with Crippen LogP contribution in [0.5, 0.6) is 11.5 Å². The molecule has 1 fully saturated rings. The van der Waals surface area contributed by atoms with Crippen molar-refractivity contribution in [3.63, 3.8) is 0 Å². The van der Waals surface area contributed by atoms with Crippen LogP contribution in [0, 0.1) is 0 Å². The first kappa shape index (κ1) is 23.1. The molecule has 0 amide bonds. The summed E-state index contributed by atoms with van der Waals surface area (Å²) >= 11 is 0. The second-order valence-electron chi connectivity index (χ2n) is 7.37. The van der Waals surface area contributed by atoms with Crippen LogP contribution in [0.25, 0.3) is 0 Å². The largest absolute Gasteiger partial charge is 0.497 e. The Kier molecular flexibility index (Phi) is 7.23. The first-order chi connectivity index (χ1) is 14.8. The van der Waals surface area contributed by atoms with E-state index in [1.54, 1.807) is 6.07 Å². The molecule has 1 saturated heterocycles. The quantitative estimate of drug-likeness (QED) is 0.579. The number of carbonyl (C=O) groups excluding carboxylic acids is 1. The van der Waals surface area contributed by atoms with Crippen molar-refractivity contribution in [2.24, 2.45) is 0 Å². The van der Waals surface area contributed by atoms with Gasteiger partial charge in [-0.2, -0.15) is 13.2 Å². The highest BCUT2D eigenvalue weighted by atomic mass is 19.4. The van der Waals surface area contributed by atoms with E-state index in [0.717, 1.165) is 5.56 Å². The number of aryl methyl sites for hydroxylation is 1. The SMILES string of the molecule is COc1ccc(C2OCCC(CC(=O)CCc3ccccc3)(C(F)(F)F)O2)c(OC)c1. The van der Waals surface area contributed by atoms with Crippen LogP contribution in [0.1, 0.15) is 36.7 Å². The summed E-state index contributed by atoms with van der Waals surface area (Å²) in [5.74, 6) is 0.246. The number of alkyl halides is 3. The molecule has 0 N–H and O–H groups in total. The molecule has 3 rings (SSSR count). The summed E-state index contributed by atoms with van der Waals surface area (Å²) in [6.07, 6.45) is -6.90. The Labute approximate surface area is 179 Å². The lowest BCUT2D eigenvalue weighted by Gasteiger charge is -2.42. The molecule has 0 bridgehead atoms. The first-order valence-corrected chi connectivity index (χ1v) is 9.92. The van der Waals surface area contributed by atoms with Gasteiger partial charge in [-0.15, -0.1) is 0 Å². The lowest BCUT2D eigenvalue weighted by atomic mass is 9.89. The van der Waals surface area contributed by atoms with Crippen molar-refractivity contribution >= 4 is 5.78 Å². The predicted molar refractivity (Wildman–Crippen MR) is 107 cm³/mol. The third kappa shape index (κ3) is 5.37. The van der Waals surface area contributed by atoms with E-state index in [0.29, 0.717) is 17.7 Å². The van der Waals surface area contributed by atoms with Crippen LogP contribution < -0.4 is 9.47 Å². The number of rotatable bonds is 8. The maximum atomic E-state index is 14.1. The summed E-state index contributed by atoms with van der Waals surface area (Å²) in [6.45, 7) is -0.203.